The molecule has 1 aromatic rings. The highest BCUT2D eigenvalue weighted by Crippen LogP contribution is 2.26. The molecule has 6 heteroatoms. The first-order chi connectivity index (χ1) is 9.89. The van der Waals surface area contributed by atoms with Crippen molar-refractivity contribution in [1.82, 2.24) is 5.32 Å². The van der Waals surface area contributed by atoms with Crippen LogP contribution in [-0.2, 0) is 14.8 Å². The van der Waals surface area contributed by atoms with Crippen LogP contribution in [0.4, 0.5) is 5.69 Å². The number of para-hydroxylation sites is 1. The van der Waals surface area contributed by atoms with Gasteiger partial charge in [-0.25, -0.2) is 8.42 Å². The third-order valence-electron chi connectivity index (χ3n) is 3.87. The van der Waals surface area contributed by atoms with Crippen molar-refractivity contribution in [2.75, 3.05) is 23.7 Å². The van der Waals surface area contributed by atoms with Gasteiger partial charge < -0.3 is 5.32 Å². The van der Waals surface area contributed by atoms with Crippen LogP contribution in [0, 0.1) is 12.8 Å². The standard InChI is InChI=1S/C15H22N2O3S/c1-12-6-3-4-9-14(12)17(21(2,19)20)11-10-16-15(18)13-7-5-8-13/h3-4,6,9,13H,5,7-8,10-11H2,1-2H3,(H,16,18). The summed E-state index contributed by atoms with van der Waals surface area (Å²) in [5, 5.41) is 2.83. The van der Waals surface area contributed by atoms with Crippen molar-refractivity contribution >= 4 is 21.6 Å². The normalized spacial score (nSPS) is 15.3. The molecule has 0 saturated heterocycles. The third-order valence-corrected chi connectivity index (χ3v) is 5.05. The molecule has 1 aliphatic rings. The van der Waals surface area contributed by atoms with Crippen molar-refractivity contribution in [1.29, 1.82) is 0 Å². The SMILES string of the molecule is Cc1ccccc1N(CCNC(=O)C1CCC1)S(C)(=O)=O. The summed E-state index contributed by atoms with van der Waals surface area (Å²) in [5.74, 6) is 0.162. The Morgan fingerprint density at radius 2 is 2.00 bits per heavy atom. The molecule has 0 unspecified atom stereocenters. The van der Waals surface area contributed by atoms with Crippen molar-refractivity contribution in [2.45, 2.75) is 26.2 Å². The number of aryl methyl sites for hydroxylation is 1. The summed E-state index contributed by atoms with van der Waals surface area (Å²) in [4.78, 5) is 11.8. The van der Waals surface area contributed by atoms with Crippen molar-refractivity contribution in [3.63, 3.8) is 0 Å². The summed E-state index contributed by atoms with van der Waals surface area (Å²) in [5.41, 5.74) is 1.56. The lowest BCUT2D eigenvalue weighted by atomic mass is 9.85. The molecule has 5 nitrogen and oxygen atoms in total. The Balaban J connectivity index is 2.01. The molecule has 0 aromatic heterocycles. The first kappa shape index (κ1) is 15.8. The number of hydrogen-bond donors (Lipinski definition) is 1. The number of hydrogen-bond acceptors (Lipinski definition) is 3. The minimum absolute atomic E-state index is 0.0412. The van der Waals surface area contributed by atoms with Crippen LogP contribution in [0.3, 0.4) is 0 Å². The van der Waals surface area contributed by atoms with Gasteiger partial charge in [0.25, 0.3) is 0 Å². The molecular weight excluding hydrogens is 288 g/mol. The van der Waals surface area contributed by atoms with Crippen LogP contribution in [0.5, 0.6) is 0 Å². The second kappa shape index (κ2) is 6.47. The fourth-order valence-electron chi connectivity index (χ4n) is 2.40. The second-order valence-corrected chi connectivity index (χ2v) is 7.45. The molecule has 1 N–H and O–H groups in total. The first-order valence-electron chi connectivity index (χ1n) is 7.20. The van der Waals surface area contributed by atoms with Crippen LogP contribution in [0.1, 0.15) is 24.8 Å². The number of nitrogens with zero attached hydrogens (tertiary/aromatic N) is 1. The summed E-state index contributed by atoms with van der Waals surface area (Å²) in [6.07, 6.45) is 4.18. The van der Waals surface area contributed by atoms with Gasteiger partial charge in [-0.15, -0.1) is 0 Å². The number of benzene rings is 1. The van der Waals surface area contributed by atoms with E-state index in [2.05, 4.69) is 5.32 Å². The zero-order chi connectivity index (χ0) is 15.5. The predicted octanol–water partition coefficient (Wildman–Crippen LogP) is 1.68. The Morgan fingerprint density at radius 1 is 1.33 bits per heavy atom. The highest BCUT2D eigenvalue weighted by atomic mass is 32.2. The number of carbonyl (C=O) groups is 1. The highest BCUT2D eigenvalue weighted by Gasteiger charge is 2.25. The van der Waals surface area contributed by atoms with E-state index in [1.807, 2.05) is 25.1 Å². The van der Waals surface area contributed by atoms with E-state index in [-0.39, 0.29) is 18.4 Å². The number of carbonyl (C=O) groups excluding carboxylic acids is 1. The van der Waals surface area contributed by atoms with E-state index < -0.39 is 10.0 Å². The zero-order valence-corrected chi connectivity index (χ0v) is 13.3. The number of sulfonamides is 1. The Kier molecular flexibility index (Phi) is 4.88. The van der Waals surface area contributed by atoms with Gasteiger partial charge in [0, 0.05) is 12.5 Å². The second-order valence-electron chi connectivity index (χ2n) is 5.54. The topological polar surface area (TPSA) is 66.5 Å². The molecule has 0 radical (unpaired) electrons. The maximum Gasteiger partial charge on any atom is 0.232 e. The highest BCUT2D eigenvalue weighted by molar-refractivity contribution is 7.92. The van der Waals surface area contributed by atoms with Crippen molar-refractivity contribution < 1.29 is 13.2 Å². The van der Waals surface area contributed by atoms with Gasteiger partial charge in [0.05, 0.1) is 18.5 Å². The molecule has 21 heavy (non-hydrogen) atoms. The Morgan fingerprint density at radius 3 is 2.52 bits per heavy atom. The van der Waals surface area contributed by atoms with Crippen LogP contribution < -0.4 is 9.62 Å². The van der Waals surface area contributed by atoms with Gasteiger partial charge in [0.2, 0.25) is 15.9 Å². The number of anilines is 1. The van der Waals surface area contributed by atoms with Gasteiger partial charge >= 0.3 is 0 Å². The largest absolute Gasteiger partial charge is 0.354 e. The first-order valence-corrected chi connectivity index (χ1v) is 9.05. The molecule has 0 aliphatic heterocycles. The zero-order valence-electron chi connectivity index (χ0n) is 12.5. The smallest absolute Gasteiger partial charge is 0.232 e. The van der Waals surface area contributed by atoms with Crippen LogP contribution in [0.2, 0.25) is 0 Å². The van der Waals surface area contributed by atoms with Crippen LogP contribution in [0.15, 0.2) is 24.3 Å². The lowest BCUT2D eigenvalue weighted by Crippen LogP contribution is -2.41. The van der Waals surface area contributed by atoms with E-state index in [4.69, 9.17) is 0 Å². The lowest BCUT2D eigenvalue weighted by molar-refractivity contribution is -0.127. The minimum atomic E-state index is -3.37. The van der Waals surface area contributed by atoms with E-state index in [1.165, 1.54) is 10.6 Å². The van der Waals surface area contributed by atoms with Gasteiger partial charge in [-0.1, -0.05) is 24.6 Å². The number of rotatable bonds is 6. The van der Waals surface area contributed by atoms with Crippen molar-refractivity contribution in [3.8, 4) is 0 Å². The summed E-state index contributed by atoms with van der Waals surface area (Å²) >= 11 is 0. The number of amides is 1. The van der Waals surface area contributed by atoms with E-state index >= 15 is 0 Å². The average molecular weight is 310 g/mol. The van der Waals surface area contributed by atoms with E-state index in [9.17, 15) is 13.2 Å². The van der Waals surface area contributed by atoms with E-state index in [1.54, 1.807) is 6.07 Å². The lowest BCUT2D eigenvalue weighted by Gasteiger charge is -2.26. The molecule has 0 spiro atoms. The van der Waals surface area contributed by atoms with Gasteiger partial charge in [-0.2, -0.15) is 0 Å². The Bertz CT molecular complexity index is 609. The maximum absolute atomic E-state index is 12.0. The van der Waals surface area contributed by atoms with E-state index in [0.29, 0.717) is 12.2 Å². The number of nitrogens with one attached hydrogen (secondary N) is 1. The van der Waals surface area contributed by atoms with Crippen molar-refractivity contribution in [2.24, 2.45) is 5.92 Å². The maximum atomic E-state index is 12.0. The van der Waals surface area contributed by atoms with Gasteiger partial charge in [-0.05, 0) is 31.4 Å². The monoisotopic (exact) mass is 310 g/mol. The molecule has 1 amide bonds. The van der Waals surface area contributed by atoms with Crippen LogP contribution >= 0.6 is 0 Å². The molecule has 0 heterocycles. The van der Waals surface area contributed by atoms with Crippen LogP contribution in [-0.4, -0.2) is 33.7 Å². The summed E-state index contributed by atoms with van der Waals surface area (Å²) < 4.78 is 25.3. The summed E-state index contributed by atoms with van der Waals surface area (Å²) in [6, 6.07) is 7.34. The molecule has 1 saturated carbocycles. The fourth-order valence-corrected chi connectivity index (χ4v) is 3.39. The molecule has 0 bridgehead atoms. The van der Waals surface area contributed by atoms with Gasteiger partial charge in [0.15, 0.2) is 0 Å². The van der Waals surface area contributed by atoms with Gasteiger partial charge in [-0.3, -0.25) is 9.10 Å². The molecule has 1 fully saturated rings. The quantitative estimate of drug-likeness (QED) is 0.869. The molecule has 1 aliphatic carbocycles. The average Bonchev–Trinajstić information content (AvgIpc) is 2.32. The summed E-state index contributed by atoms with van der Waals surface area (Å²) in [7, 11) is -3.37. The van der Waals surface area contributed by atoms with Crippen molar-refractivity contribution in [3.05, 3.63) is 29.8 Å². The molecule has 1 aromatic carbocycles. The molecule has 2 rings (SSSR count). The Hall–Kier alpha value is -1.56. The third kappa shape index (κ3) is 3.97. The fraction of sp³-hybridized carbons (Fsp3) is 0.533. The summed E-state index contributed by atoms with van der Waals surface area (Å²) in [6.45, 7) is 2.46. The molecule has 116 valence electrons. The van der Waals surface area contributed by atoms with Gasteiger partial charge in [0.1, 0.15) is 0 Å². The van der Waals surface area contributed by atoms with Crippen LogP contribution in [0.25, 0.3) is 0 Å². The van der Waals surface area contributed by atoms with E-state index in [0.717, 1.165) is 24.8 Å². The molecular formula is C15H22N2O3S. The minimum Gasteiger partial charge on any atom is -0.354 e. The molecule has 0 atom stereocenters. The Labute approximate surface area is 126 Å². The predicted molar refractivity (Wildman–Crippen MR) is 83.7 cm³/mol.